The zero-order valence-electron chi connectivity index (χ0n) is 7.71. The van der Waals surface area contributed by atoms with E-state index in [0.717, 1.165) is 22.3 Å². The average Bonchev–Trinajstić information content (AvgIpc) is 2.03. The van der Waals surface area contributed by atoms with Gasteiger partial charge in [-0.25, -0.2) is 9.97 Å². The van der Waals surface area contributed by atoms with Gasteiger partial charge in [-0.05, 0) is 20.1 Å². The first-order valence-electron chi connectivity index (χ1n) is 3.62. The molecule has 0 N–H and O–H groups in total. The van der Waals surface area contributed by atoms with Gasteiger partial charge in [-0.3, -0.25) is 0 Å². The van der Waals surface area contributed by atoms with Gasteiger partial charge in [0.25, 0.3) is 0 Å². The van der Waals surface area contributed by atoms with Crippen LogP contribution in [0.15, 0.2) is 5.16 Å². The molecule has 1 rings (SSSR count). The van der Waals surface area contributed by atoms with Crippen molar-refractivity contribution >= 4 is 11.8 Å². The van der Waals surface area contributed by atoms with Crippen LogP contribution in [0.1, 0.15) is 11.4 Å². The average molecular weight is 184 g/mol. The van der Waals surface area contributed by atoms with Crippen molar-refractivity contribution in [1.29, 1.82) is 0 Å². The van der Waals surface area contributed by atoms with E-state index in [9.17, 15) is 0 Å². The fourth-order valence-corrected chi connectivity index (χ4v) is 1.52. The Bertz CT molecular complexity index is 265. The molecule has 0 aliphatic heterocycles. The molecule has 0 aromatic carbocycles. The molecule has 0 amide bonds. The molecular formula is C8H12N2OS. The number of ether oxygens (including phenoxy) is 1. The molecule has 0 atom stereocenters. The molecule has 0 aliphatic carbocycles. The van der Waals surface area contributed by atoms with Crippen molar-refractivity contribution in [2.45, 2.75) is 19.0 Å². The van der Waals surface area contributed by atoms with Crippen molar-refractivity contribution in [2.75, 3.05) is 13.4 Å². The summed E-state index contributed by atoms with van der Waals surface area (Å²) in [5, 5.41) is 0.797. The number of methoxy groups -OCH3 is 1. The molecule has 66 valence electrons. The second kappa shape index (κ2) is 3.76. The predicted molar refractivity (Wildman–Crippen MR) is 49.8 cm³/mol. The summed E-state index contributed by atoms with van der Waals surface area (Å²) >= 11 is 1.54. The highest BCUT2D eigenvalue weighted by molar-refractivity contribution is 7.98. The lowest BCUT2D eigenvalue weighted by Gasteiger charge is -2.07. The quantitative estimate of drug-likeness (QED) is 0.519. The lowest BCUT2D eigenvalue weighted by atomic mass is 10.3. The molecule has 4 heteroatoms. The second-order valence-corrected chi connectivity index (χ2v) is 3.19. The highest BCUT2D eigenvalue weighted by Crippen LogP contribution is 2.21. The van der Waals surface area contributed by atoms with Crippen LogP contribution < -0.4 is 4.74 Å². The Morgan fingerprint density at radius 2 is 1.67 bits per heavy atom. The summed E-state index contributed by atoms with van der Waals surface area (Å²) in [5.74, 6) is 0.785. The van der Waals surface area contributed by atoms with Crippen LogP contribution in [0, 0.1) is 13.8 Å². The summed E-state index contributed by atoms with van der Waals surface area (Å²) < 4.78 is 5.14. The van der Waals surface area contributed by atoms with E-state index in [0.29, 0.717) is 0 Å². The largest absolute Gasteiger partial charge is 0.493 e. The Morgan fingerprint density at radius 1 is 1.17 bits per heavy atom. The van der Waals surface area contributed by atoms with Gasteiger partial charge in [-0.2, -0.15) is 0 Å². The highest BCUT2D eigenvalue weighted by Gasteiger charge is 2.06. The number of hydrogen-bond donors (Lipinski definition) is 0. The summed E-state index contributed by atoms with van der Waals surface area (Å²) in [6.45, 7) is 3.85. The maximum atomic E-state index is 5.14. The molecule has 0 saturated carbocycles. The van der Waals surface area contributed by atoms with Crippen LogP contribution in [0.25, 0.3) is 0 Å². The Balaban J connectivity index is 3.18. The van der Waals surface area contributed by atoms with Gasteiger partial charge in [0, 0.05) is 0 Å². The van der Waals surface area contributed by atoms with E-state index in [1.54, 1.807) is 7.11 Å². The third kappa shape index (κ3) is 1.69. The van der Waals surface area contributed by atoms with Crippen molar-refractivity contribution < 1.29 is 4.74 Å². The summed E-state index contributed by atoms with van der Waals surface area (Å²) in [6.07, 6.45) is 1.96. The fourth-order valence-electron chi connectivity index (χ4n) is 1.06. The molecule has 0 bridgehead atoms. The summed E-state index contributed by atoms with van der Waals surface area (Å²) in [6, 6.07) is 0. The van der Waals surface area contributed by atoms with Crippen LogP contribution in [0.4, 0.5) is 0 Å². The molecule has 1 aromatic rings. The monoisotopic (exact) mass is 184 g/mol. The van der Waals surface area contributed by atoms with Crippen molar-refractivity contribution in [3.8, 4) is 5.75 Å². The third-order valence-electron chi connectivity index (χ3n) is 1.57. The Labute approximate surface area is 76.6 Å². The van der Waals surface area contributed by atoms with E-state index in [2.05, 4.69) is 9.97 Å². The number of nitrogens with zero attached hydrogens (tertiary/aromatic N) is 2. The zero-order chi connectivity index (χ0) is 9.14. The van der Waals surface area contributed by atoms with E-state index in [4.69, 9.17) is 4.74 Å². The van der Waals surface area contributed by atoms with Crippen LogP contribution in [-0.4, -0.2) is 23.3 Å². The minimum Gasteiger partial charge on any atom is -0.493 e. The first kappa shape index (κ1) is 9.32. The topological polar surface area (TPSA) is 35.0 Å². The van der Waals surface area contributed by atoms with Gasteiger partial charge in [-0.15, -0.1) is 0 Å². The molecule has 1 aromatic heterocycles. The minimum absolute atomic E-state index is 0.785. The first-order chi connectivity index (χ1) is 5.69. The smallest absolute Gasteiger partial charge is 0.187 e. The molecule has 0 saturated heterocycles. The van der Waals surface area contributed by atoms with Crippen LogP contribution >= 0.6 is 11.8 Å². The highest BCUT2D eigenvalue weighted by atomic mass is 32.2. The van der Waals surface area contributed by atoms with E-state index in [-0.39, 0.29) is 0 Å². The lowest BCUT2D eigenvalue weighted by Crippen LogP contribution is -1.98. The summed E-state index contributed by atoms with van der Waals surface area (Å²) in [5.41, 5.74) is 1.80. The maximum Gasteiger partial charge on any atom is 0.187 e. The molecule has 1 heterocycles. The molecule has 0 fully saturated rings. The third-order valence-corrected chi connectivity index (χ3v) is 2.12. The van der Waals surface area contributed by atoms with Gasteiger partial charge in [0.1, 0.15) is 0 Å². The molecule has 0 spiro atoms. The summed E-state index contributed by atoms with van der Waals surface area (Å²) in [4.78, 5) is 8.50. The Kier molecular flexibility index (Phi) is 2.92. The molecule has 0 unspecified atom stereocenters. The van der Waals surface area contributed by atoms with Gasteiger partial charge < -0.3 is 4.74 Å². The van der Waals surface area contributed by atoms with Gasteiger partial charge in [-0.1, -0.05) is 11.8 Å². The number of rotatable bonds is 2. The minimum atomic E-state index is 0.785. The van der Waals surface area contributed by atoms with Gasteiger partial charge >= 0.3 is 0 Å². The molecule has 12 heavy (non-hydrogen) atoms. The van der Waals surface area contributed by atoms with Gasteiger partial charge in [0.15, 0.2) is 10.9 Å². The van der Waals surface area contributed by atoms with E-state index >= 15 is 0 Å². The van der Waals surface area contributed by atoms with Crippen molar-refractivity contribution in [3.63, 3.8) is 0 Å². The van der Waals surface area contributed by atoms with E-state index in [1.807, 2.05) is 20.1 Å². The van der Waals surface area contributed by atoms with Crippen molar-refractivity contribution in [2.24, 2.45) is 0 Å². The van der Waals surface area contributed by atoms with Crippen LogP contribution in [0.5, 0.6) is 5.75 Å². The Hall–Kier alpha value is -0.770. The molecule has 0 aliphatic rings. The van der Waals surface area contributed by atoms with Gasteiger partial charge in [0.05, 0.1) is 18.5 Å². The number of hydrogen-bond acceptors (Lipinski definition) is 4. The van der Waals surface area contributed by atoms with E-state index in [1.165, 1.54) is 11.8 Å². The van der Waals surface area contributed by atoms with Crippen LogP contribution in [0.3, 0.4) is 0 Å². The molecule has 3 nitrogen and oxygen atoms in total. The van der Waals surface area contributed by atoms with Crippen molar-refractivity contribution in [3.05, 3.63) is 11.4 Å². The normalized spacial score (nSPS) is 10.0. The first-order valence-corrected chi connectivity index (χ1v) is 4.84. The van der Waals surface area contributed by atoms with Crippen LogP contribution in [0.2, 0.25) is 0 Å². The second-order valence-electron chi connectivity index (χ2n) is 2.41. The van der Waals surface area contributed by atoms with E-state index < -0.39 is 0 Å². The van der Waals surface area contributed by atoms with Crippen molar-refractivity contribution in [1.82, 2.24) is 9.97 Å². The number of thioether (sulfide) groups is 1. The SMILES string of the molecule is COc1c(C)nc(SC)nc1C. The predicted octanol–water partition coefficient (Wildman–Crippen LogP) is 1.82. The summed E-state index contributed by atoms with van der Waals surface area (Å²) in [7, 11) is 1.64. The van der Waals surface area contributed by atoms with Crippen LogP contribution in [-0.2, 0) is 0 Å². The van der Waals surface area contributed by atoms with Gasteiger partial charge in [0.2, 0.25) is 0 Å². The number of aromatic nitrogens is 2. The molecule has 0 radical (unpaired) electrons. The number of aryl methyl sites for hydroxylation is 2. The maximum absolute atomic E-state index is 5.14. The zero-order valence-corrected chi connectivity index (χ0v) is 8.53. The Morgan fingerprint density at radius 3 is 2.00 bits per heavy atom. The molecular weight excluding hydrogens is 172 g/mol. The fraction of sp³-hybridized carbons (Fsp3) is 0.500. The standard InChI is InChI=1S/C8H12N2OS/c1-5-7(11-3)6(2)10-8(9-5)12-4/h1-4H3. The lowest BCUT2D eigenvalue weighted by molar-refractivity contribution is 0.401.